The summed E-state index contributed by atoms with van der Waals surface area (Å²) in [4.78, 5) is 24.9. The maximum Gasteiger partial charge on any atom is 0.375 e. The quantitative estimate of drug-likeness (QED) is 0.649. The van der Waals surface area contributed by atoms with Gasteiger partial charge in [-0.15, -0.1) is 0 Å². The highest BCUT2D eigenvalue weighted by Crippen LogP contribution is 2.27. The molecule has 0 saturated heterocycles. The first kappa shape index (κ1) is 19.3. The molecule has 0 fully saturated rings. The van der Waals surface area contributed by atoms with E-state index in [0.29, 0.717) is 28.3 Å². The maximum absolute atomic E-state index is 12.5. The Kier molecular flexibility index (Phi) is 5.54. The molecular formula is C21H21NO6. The molecule has 2 aromatic carbocycles. The Labute approximate surface area is 162 Å². The number of hydrogen-bond acceptors (Lipinski definition) is 6. The van der Waals surface area contributed by atoms with Crippen molar-refractivity contribution in [2.75, 3.05) is 19.5 Å². The average Bonchev–Trinajstić information content (AvgIpc) is 3.04. The van der Waals surface area contributed by atoms with Gasteiger partial charge in [-0.2, -0.15) is 0 Å². The maximum atomic E-state index is 12.5. The van der Waals surface area contributed by atoms with E-state index in [1.807, 2.05) is 18.2 Å². The van der Waals surface area contributed by atoms with Crippen molar-refractivity contribution < 1.29 is 28.2 Å². The average molecular weight is 383 g/mol. The molecule has 0 aliphatic rings. The zero-order valence-corrected chi connectivity index (χ0v) is 16.1. The number of nitrogens with one attached hydrogen (secondary N) is 1. The van der Waals surface area contributed by atoms with Gasteiger partial charge in [-0.05, 0) is 19.9 Å². The second-order valence-electron chi connectivity index (χ2n) is 6.19. The number of benzene rings is 2. The summed E-state index contributed by atoms with van der Waals surface area (Å²) >= 11 is 0. The molecule has 3 aromatic rings. The summed E-state index contributed by atoms with van der Waals surface area (Å²) in [6.07, 6.45) is -1.03. The van der Waals surface area contributed by atoms with Crippen molar-refractivity contribution in [3.8, 4) is 11.5 Å². The second-order valence-corrected chi connectivity index (χ2v) is 6.19. The highest BCUT2D eigenvalue weighted by atomic mass is 16.6. The van der Waals surface area contributed by atoms with Crippen LogP contribution in [-0.2, 0) is 9.53 Å². The van der Waals surface area contributed by atoms with Crippen LogP contribution in [0.1, 0.15) is 23.0 Å². The fourth-order valence-electron chi connectivity index (χ4n) is 2.76. The van der Waals surface area contributed by atoms with Gasteiger partial charge in [0.05, 0.1) is 14.2 Å². The number of aryl methyl sites for hydroxylation is 1. The van der Waals surface area contributed by atoms with Gasteiger partial charge >= 0.3 is 5.97 Å². The van der Waals surface area contributed by atoms with Crippen LogP contribution in [0, 0.1) is 6.92 Å². The van der Waals surface area contributed by atoms with Crippen molar-refractivity contribution in [2.45, 2.75) is 20.0 Å². The van der Waals surface area contributed by atoms with Gasteiger partial charge in [-0.25, -0.2) is 4.79 Å². The van der Waals surface area contributed by atoms with Crippen LogP contribution in [0.4, 0.5) is 5.69 Å². The number of para-hydroxylation sites is 1. The van der Waals surface area contributed by atoms with E-state index in [9.17, 15) is 9.59 Å². The Balaban J connectivity index is 1.71. The number of furan rings is 1. The summed E-state index contributed by atoms with van der Waals surface area (Å²) < 4.78 is 21.2. The van der Waals surface area contributed by atoms with Gasteiger partial charge in [0.15, 0.2) is 6.10 Å². The molecule has 1 aromatic heterocycles. The fourth-order valence-corrected chi connectivity index (χ4v) is 2.76. The van der Waals surface area contributed by atoms with E-state index >= 15 is 0 Å². The molecule has 146 valence electrons. The third kappa shape index (κ3) is 3.93. The largest absolute Gasteiger partial charge is 0.497 e. The second kappa shape index (κ2) is 8.04. The minimum Gasteiger partial charge on any atom is -0.497 e. The van der Waals surface area contributed by atoms with E-state index in [-0.39, 0.29) is 5.76 Å². The highest BCUT2D eigenvalue weighted by molar-refractivity contribution is 5.99. The number of esters is 1. The van der Waals surface area contributed by atoms with Crippen LogP contribution in [0.5, 0.6) is 11.5 Å². The van der Waals surface area contributed by atoms with Crippen molar-refractivity contribution in [2.24, 2.45) is 0 Å². The lowest BCUT2D eigenvalue weighted by molar-refractivity contribution is -0.123. The van der Waals surface area contributed by atoms with Gasteiger partial charge in [0.2, 0.25) is 5.76 Å². The first-order valence-corrected chi connectivity index (χ1v) is 8.66. The van der Waals surface area contributed by atoms with E-state index in [0.717, 1.165) is 5.39 Å². The molecule has 7 heteroatoms. The summed E-state index contributed by atoms with van der Waals surface area (Å²) in [5.74, 6) is -0.0460. The number of anilines is 1. The van der Waals surface area contributed by atoms with Gasteiger partial charge in [0.1, 0.15) is 17.1 Å². The lowest BCUT2D eigenvalue weighted by atomic mass is 10.1. The van der Waals surface area contributed by atoms with Crippen LogP contribution in [0.15, 0.2) is 46.9 Å². The lowest BCUT2D eigenvalue weighted by Gasteiger charge is -2.14. The summed E-state index contributed by atoms with van der Waals surface area (Å²) in [5, 5.41) is 3.51. The van der Waals surface area contributed by atoms with Gasteiger partial charge in [-0.3, -0.25) is 4.79 Å². The number of rotatable bonds is 6. The minimum atomic E-state index is -1.03. The van der Waals surface area contributed by atoms with Crippen molar-refractivity contribution in [1.29, 1.82) is 0 Å². The number of amides is 1. The standard InChI is InChI=1S/C21H21NO6/c1-12-17-7-5-6-8-18(17)28-19(12)21(24)27-13(2)20(23)22-14-9-15(25-3)11-16(10-14)26-4/h5-11,13H,1-4H3,(H,22,23). The molecule has 0 bridgehead atoms. The Morgan fingerprint density at radius 1 is 1.04 bits per heavy atom. The van der Waals surface area contributed by atoms with Crippen molar-refractivity contribution >= 4 is 28.5 Å². The lowest BCUT2D eigenvalue weighted by Crippen LogP contribution is -2.30. The molecule has 1 heterocycles. The van der Waals surface area contributed by atoms with Crippen LogP contribution < -0.4 is 14.8 Å². The molecule has 0 aliphatic heterocycles. The van der Waals surface area contributed by atoms with Crippen LogP contribution in [0.25, 0.3) is 11.0 Å². The van der Waals surface area contributed by atoms with E-state index < -0.39 is 18.0 Å². The third-order valence-corrected chi connectivity index (χ3v) is 4.30. The van der Waals surface area contributed by atoms with Gasteiger partial charge in [0.25, 0.3) is 5.91 Å². The molecule has 1 atom stereocenters. The van der Waals surface area contributed by atoms with Crippen LogP contribution in [0.2, 0.25) is 0 Å². The van der Waals surface area contributed by atoms with E-state index in [1.165, 1.54) is 21.1 Å². The highest BCUT2D eigenvalue weighted by Gasteiger charge is 2.24. The molecule has 0 spiro atoms. The molecule has 28 heavy (non-hydrogen) atoms. The summed E-state index contributed by atoms with van der Waals surface area (Å²) in [7, 11) is 3.03. The molecule has 0 radical (unpaired) electrons. The van der Waals surface area contributed by atoms with Gasteiger partial charge < -0.3 is 23.9 Å². The topological polar surface area (TPSA) is 87.0 Å². The summed E-state index contributed by atoms with van der Waals surface area (Å²) in [6, 6.07) is 12.3. The molecule has 3 rings (SSSR count). The van der Waals surface area contributed by atoms with Crippen molar-refractivity contribution in [1.82, 2.24) is 0 Å². The van der Waals surface area contributed by atoms with Crippen LogP contribution in [0.3, 0.4) is 0 Å². The smallest absolute Gasteiger partial charge is 0.375 e. The number of carbonyl (C=O) groups is 2. The third-order valence-electron chi connectivity index (χ3n) is 4.30. The van der Waals surface area contributed by atoms with Gasteiger partial charge in [-0.1, -0.05) is 18.2 Å². The predicted octanol–water partition coefficient (Wildman–Crippen LogP) is 3.94. The number of methoxy groups -OCH3 is 2. The fraction of sp³-hybridized carbons (Fsp3) is 0.238. The zero-order valence-electron chi connectivity index (χ0n) is 16.1. The van der Waals surface area contributed by atoms with Crippen LogP contribution in [-0.4, -0.2) is 32.2 Å². The normalized spacial score (nSPS) is 11.7. The van der Waals surface area contributed by atoms with Gasteiger partial charge in [0, 0.05) is 34.8 Å². The van der Waals surface area contributed by atoms with Crippen molar-refractivity contribution in [3.63, 3.8) is 0 Å². The molecule has 0 aliphatic carbocycles. The minimum absolute atomic E-state index is 0.0869. The summed E-state index contributed by atoms with van der Waals surface area (Å²) in [5.41, 5.74) is 1.72. The number of carbonyl (C=O) groups excluding carboxylic acids is 2. The number of ether oxygens (including phenoxy) is 3. The van der Waals surface area contributed by atoms with E-state index in [1.54, 1.807) is 31.2 Å². The molecule has 1 amide bonds. The summed E-state index contributed by atoms with van der Waals surface area (Å²) in [6.45, 7) is 3.26. The Morgan fingerprint density at radius 2 is 1.68 bits per heavy atom. The molecule has 1 unspecified atom stereocenters. The predicted molar refractivity (Wildman–Crippen MR) is 104 cm³/mol. The molecule has 0 saturated carbocycles. The first-order chi connectivity index (χ1) is 13.4. The zero-order chi connectivity index (χ0) is 20.3. The molecular weight excluding hydrogens is 362 g/mol. The Morgan fingerprint density at radius 3 is 2.29 bits per heavy atom. The molecule has 1 N–H and O–H groups in total. The SMILES string of the molecule is COc1cc(NC(=O)C(C)OC(=O)c2oc3ccccc3c2C)cc(OC)c1. The first-order valence-electron chi connectivity index (χ1n) is 8.66. The van der Waals surface area contributed by atoms with E-state index in [4.69, 9.17) is 18.6 Å². The monoisotopic (exact) mass is 383 g/mol. The Bertz CT molecular complexity index is 1000. The van der Waals surface area contributed by atoms with E-state index in [2.05, 4.69) is 5.32 Å². The van der Waals surface area contributed by atoms with Crippen LogP contribution >= 0.6 is 0 Å². The molecule has 7 nitrogen and oxygen atoms in total. The van der Waals surface area contributed by atoms with Crippen molar-refractivity contribution in [3.05, 3.63) is 53.8 Å². The number of hydrogen-bond donors (Lipinski definition) is 1. The number of fused-ring (bicyclic) bond motifs is 1. The Hall–Kier alpha value is -3.48.